The first kappa shape index (κ1) is 21.7. The highest BCUT2D eigenvalue weighted by atomic mass is 127. The van der Waals surface area contributed by atoms with Gasteiger partial charge in [-0.15, -0.1) is 24.0 Å². The van der Waals surface area contributed by atoms with Crippen LogP contribution < -0.4 is 10.6 Å². The summed E-state index contributed by atoms with van der Waals surface area (Å²) in [6, 6.07) is 0. The van der Waals surface area contributed by atoms with Crippen molar-refractivity contribution in [3.8, 4) is 0 Å². The molecule has 2 N–H and O–H groups in total. The van der Waals surface area contributed by atoms with Crippen LogP contribution in [0.3, 0.4) is 0 Å². The zero-order chi connectivity index (χ0) is 16.7. The minimum Gasteiger partial charge on any atom is -0.469 e. The third-order valence-electron chi connectivity index (χ3n) is 3.58. The maximum atomic E-state index is 11.4. The third kappa shape index (κ3) is 6.36. The van der Waals surface area contributed by atoms with Gasteiger partial charge < -0.3 is 15.4 Å². The van der Waals surface area contributed by atoms with Gasteiger partial charge in [-0.05, 0) is 20.8 Å². The summed E-state index contributed by atoms with van der Waals surface area (Å²) in [7, 11) is 3.32. The van der Waals surface area contributed by atoms with E-state index in [0.717, 1.165) is 23.5 Å². The Labute approximate surface area is 155 Å². The molecule has 0 aliphatic heterocycles. The number of nitrogens with zero attached hydrogens (tertiary/aromatic N) is 3. The van der Waals surface area contributed by atoms with Gasteiger partial charge in [0.05, 0.1) is 25.3 Å². The predicted molar refractivity (Wildman–Crippen MR) is 102 cm³/mol. The minimum atomic E-state index is -0.234. The van der Waals surface area contributed by atoms with Crippen molar-refractivity contribution >= 4 is 35.9 Å². The largest absolute Gasteiger partial charge is 0.469 e. The summed E-state index contributed by atoms with van der Waals surface area (Å²) in [6.07, 6.45) is 0. The monoisotopic (exact) mass is 437 g/mol. The molecule has 0 saturated heterocycles. The van der Waals surface area contributed by atoms with Crippen molar-refractivity contribution < 1.29 is 9.53 Å². The fourth-order valence-corrected chi connectivity index (χ4v) is 2.08. The van der Waals surface area contributed by atoms with Crippen molar-refractivity contribution in [2.75, 3.05) is 20.2 Å². The molecule has 1 aromatic rings. The molecule has 1 atom stereocenters. The number of hydrogen-bond donors (Lipinski definition) is 2. The Morgan fingerprint density at radius 3 is 2.52 bits per heavy atom. The SMILES string of the molecule is CCNC(=NCc1c(C)nn(C)c1C)NCC(C)C(=O)OC.I. The molecule has 0 bridgehead atoms. The highest BCUT2D eigenvalue weighted by Crippen LogP contribution is 2.12. The first-order chi connectivity index (χ1) is 10.4. The van der Waals surface area contributed by atoms with Gasteiger partial charge in [-0.1, -0.05) is 6.92 Å². The maximum Gasteiger partial charge on any atom is 0.310 e. The van der Waals surface area contributed by atoms with Crippen molar-refractivity contribution in [3.63, 3.8) is 0 Å². The number of guanidine groups is 1. The van der Waals surface area contributed by atoms with Gasteiger partial charge in [-0.25, -0.2) is 4.99 Å². The molecule has 8 heteroatoms. The van der Waals surface area contributed by atoms with Gasteiger partial charge in [-0.2, -0.15) is 5.10 Å². The van der Waals surface area contributed by atoms with Gasteiger partial charge in [0.2, 0.25) is 0 Å². The third-order valence-corrected chi connectivity index (χ3v) is 3.58. The van der Waals surface area contributed by atoms with Gasteiger partial charge in [-0.3, -0.25) is 9.48 Å². The number of carbonyl (C=O) groups is 1. The highest BCUT2D eigenvalue weighted by Gasteiger charge is 2.14. The second-order valence-electron chi connectivity index (χ2n) is 5.27. The first-order valence-corrected chi connectivity index (χ1v) is 7.49. The zero-order valence-electron chi connectivity index (χ0n) is 14.8. The molecule has 23 heavy (non-hydrogen) atoms. The molecule has 132 valence electrons. The fourth-order valence-electron chi connectivity index (χ4n) is 2.08. The van der Waals surface area contributed by atoms with Crippen LogP contribution in [0.4, 0.5) is 0 Å². The number of esters is 1. The molecule has 1 rings (SSSR count). The molecular formula is C15H28IN5O2. The molecule has 0 aliphatic rings. The summed E-state index contributed by atoms with van der Waals surface area (Å²) in [6.45, 7) is 9.61. The lowest BCUT2D eigenvalue weighted by Gasteiger charge is -2.14. The van der Waals surface area contributed by atoms with Crippen LogP contribution in [-0.4, -0.2) is 41.9 Å². The number of aliphatic imine (C=N–C) groups is 1. The van der Waals surface area contributed by atoms with Gasteiger partial charge >= 0.3 is 5.97 Å². The summed E-state index contributed by atoms with van der Waals surface area (Å²) in [5, 5.41) is 10.7. The molecule has 1 unspecified atom stereocenters. The van der Waals surface area contributed by atoms with Crippen LogP contribution in [0.25, 0.3) is 0 Å². The van der Waals surface area contributed by atoms with Gasteiger partial charge in [0.25, 0.3) is 0 Å². The topological polar surface area (TPSA) is 80.5 Å². The van der Waals surface area contributed by atoms with E-state index in [1.807, 2.05) is 39.4 Å². The number of halogens is 1. The molecule has 0 spiro atoms. The molecular weight excluding hydrogens is 409 g/mol. The number of hydrogen-bond acceptors (Lipinski definition) is 4. The Morgan fingerprint density at radius 2 is 2.04 bits per heavy atom. The van der Waals surface area contributed by atoms with Crippen LogP contribution in [0.5, 0.6) is 0 Å². The Hall–Kier alpha value is -1.32. The number of carbonyl (C=O) groups excluding carboxylic acids is 1. The fraction of sp³-hybridized carbons (Fsp3) is 0.667. The van der Waals surface area contributed by atoms with E-state index < -0.39 is 0 Å². The molecule has 1 aromatic heterocycles. The second-order valence-corrected chi connectivity index (χ2v) is 5.27. The van der Waals surface area contributed by atoms with E-state index in [9.17, 15) is 4.79 Å². The van der Waals surface area contributed by atoms with Crippen molar-refractivity contribution in [2.24, 2.45) is 18.0 Å². The summed E-state index contributed by atoms with van der Waals surface area (Å²) >= 11 is 0. The van der Waals surface area contributed by atoms with E-state index in [2.05, 4.69) is 20.7 Å². The lowest BCUT2D eigenvalue weighted by atomic mass is 10.2. The summed E-state index contributed by atoms with van der Waals surface area (Å²) in [5.41, 5.74) is 3.23. The van der Waals surface area contributed by atoms with Crippen LogP contribution in [0, 0.1) is 19.8 Å². The molecule has 0 radical (unpaired) electrons. The van der Waals surface area contributed by atoms with Gasteiger partial charge in [0.15, 0.2) is 5.96 Å². The Balaban J connectivity index is 0.00000484. The second kappa shape index (κ2) is 10.5. The number of ether oxygens (including phenoxy) is 1. The smallest absolute Gasteiger partial charge is 0.310 e. The molecule has 0 fully saturated rings. The van der Waals surface area contributed by atoms with Crippen molar-refractivity contribution in [2.45, 2.75) is 34.2 Å². The minimum absolute atomic E-state index is 0. The van der Waals surface area contributed by atoms with Gasteiger partial charge in [0, 0.05) is 31.4 Å². The normalized spacial score (nSPS) is 12.3. The average molecular weight is 437 g/mol. The van der Waals surface area contributed by atoms with Crippen molar-refractivity contribution in [3.05, 3.63) is 17.0 Å². The average Bonchev–Trinajstić information content (AvgIpc) is 2.74. The van der Waals surface area contributed by atoms with Crippen LogP contribution >= 0.6 is 24.0 Å². The predicted octanol–water partition coefficient (Wildman–Crippen LogP) is 1.52. The summed E-state index contributed by atoms with van der Waals surface area (Å²) in [4.78, 5) is 16.0. The zero-order valence-corrected chi connectivity index (χ0v) is 17.1. The Morgan fingerprint density at radius 1 is 1.39 bits per heavy atom. The standard InChI is InChI=1S/C15H27N5O2.HI/c1-7-16-15(17-8-10(2)14(21)22-6)18-9-13-11(3)19-20(5)12(13)4;/h10H,7-9H2,1-6H3,(H2,16,17,18);1H. The van der Waals surface area contributed by atoms with E-state index in [4.69, 9.17) is 4.74 Å². The first-order valence-electron chi connectivity index (χ1n) is 7.49. The van der Waals surface area contributed by atoms with Crippen molar-refractivity contribution in [1.82, 2.24) is 20.4 Å². The lowest BCUT2D eigenvalue weighted by molar-refractivity contribution is -0.144. The van der Waals surface area contributed by atoms with E-state index >= 15 is 0 Å². The van der Waals surface area contributed by atoms with Crippen LogP contribution in [0.1, 0.15) is 30.8 Å². The number of rotatable bonds is 6. The number of methoxy groups -OCH3 is 1. The molecule has 0 amide bonds. The Kier molecular flexibility index (Phi) is 9.85. The summed E-state index contributed by atoms with van der Waals surface area (Å²) in [5.74, 6) is 0.221. The quantitative estimate of drug-likeness (QED) is 0.305. The Bertz CT molecular complexity index is 542. The van der Waals surface area contributed by atoms with Crippen LogP contribution in [0.15, 0.2) is 4.99 Å². The number of aryl methyl sites for hydroxylation is 2. The lowest BCUT2D eigenvalue weighted by Crippen LogP contribution is -2.40. The van der Waals surface area contributed by atoms with Crippen molar-refractivity contribution in [1.29, 1.82) is 0 Å². The molecule has 0 aromatic carbocycles. The highest BCUT2D eigenvalue weighted by molar-refractivity contribution is 14.0. The van der Waals surface area contributed by atoms with E-state index in [-0.39, 0.29) is 35.9 Å². The number of aromatic nitrogens is 2. The number of nitrogens with one attached hydrogen (secondary N) is 2. The molecule has 7 nitrogen and oxygen atoms in total. The summed E-state index contributed by atoms with van der Waals surface area (Å²) < 4.78 is 6.58. The van der Waals surface area contributed by atoms with E-state index in [1.54, 1.807) is 0 Å². The van der Waals surface area contributed by atoms with Crippen LogP contribution in [0.2, 0.25) is 0 Å². The van der Waals surface area contributed by atoms with Gasteiger partial charge in [0.1, 0.15) is 0 Å². The molecule has 0 aliphatic carbocycles. The van der Waals surface area contributed by atoms with E-state index in [0.29, 0.717) is 19.0 Å². The van der Waals surface area contributed by atoms with E-state index in [1.165, 1.54) is 7.11 Å². The molecule has 1 heterocycles. The molecule has 0 saturated carbocycles. The maximum absolute atomic E-state index is 11.4. The van der Waals surface area contributed by atoms with Crippen LogP contribution in [-0.2, 0) is 23.1 Å².